The summed E-state index contributed by atoms with van der Waals surface area (Å²) in [5.74, 6) is -0.872. The molecule has 2 aromatic heterocycles. The van der Waals surface area contributed by atoms with Crippen molar-refractivity contribution in [1.82, 2.24) is 14.3 Å². The maximum absolute atomic E-state index is 14.0. The van der Waals surface area contributed by atoms with Gasteiger partial charge in [0, 0.05) is 12.7 Å². The Morgan fingerprint density at radius 1 is 1.17 bits per heavy atom. The Morgan fingerprint density at radius 2 is 1.94 bits per heavy atom. The number of benzene rings is 2. The summed E-state index contributed by atoms with van der Waals surface area (Å²) in [4.78, 5) is 24.7. The Bertz CT molecular complexity index is 1520. The minimum absolute atomic E-state index is 0.0361. The number of anilines is 1. The van der Waals surface area contributed by atoms with E-state index in [0.29, 0.717) is 23.7 Å². The van der Waals surface area contributed by atoms with Gasteiger partial charge in [-0.05, 0) is 80.3 Å². The van der Waals surface area contributed by atoms with Gasteiger partial charge in [-0.3, -0.25) is 14.7 Å². The van der Waals surface area contributed by atoms with Gasteiger partial charge in [0.05, 0.1) is 27.4 Å². The minimum atomic E-state index is -3.99. The number of hydrogen-bond donors (Lipinski definition) is 0. The Labute approximate surface area is 213 Å². The zero-order valence-electron chi connectivity index (χ0n) is 19.9. The van der Waals surface area contributed by atoms with E-state index in [9.17, 15) is 17.6 Å². The quantitative estimate of drug-likeness (QED) is 0.361. The monoisotopic (exact) mass is 524 g/mol. The molecular formula is C26H25FN4O3S2. The lowest BCUT2D eigenvalue weighted by molar-refractivity contribution is -0.121. The van der Waals surface area contributed by atoms with E-state index in [1.165, 1.54) is 27.8 Å². The molecule has 10 heteroatoms. The van der Waals surface area contributed by atoms with Crippen LogP contribution in [0.3, 0.4) is 0 Å². The molecule has 4 aromatic rings. The van der Waals surface area contributed by atoms with Crippen LogP contribution < -0.4 is 4.90 Å². The largest absolute Gasteiger partial charge is 0.281 e. The Kier molecular flexibility index (Phi) is 6.59. The average molecular weight is 525 g/mol. The highest BCUT2D eigenvalue weighted by Gasteiger charge is 2.42. The summed E-state index contributed by atoms with van der Waals surface area (Å²) in [5, 5.41) is 0.500. The highest BCUT2D eigenvalue weighted by molar-refractivity contribution is 7.89. The molecule has 0 N–H and O–H groups in total. The van der Waals surface area contributed by atoms with Crippen molar-refractivity contribution < 1.29 is 17.6 Å². The van der Waals surface area contributed by atoms with Crippen LogP contribution in [0, 0.1) is 19.7 Å². The van der Waals surface area contributed by atoms with Crippen molar-refractivity contribution in [2.24, 2.45) is 0 Å². The van der Waals surface area contributed by atoms with Gasteiger partial charge in [0.25, 0.3) is 0 Å². The van der Waals surface area contributed by atoms with Gasteiger partial charge < -0.3 is 0 Å². The minimum Gasteiger partial charge on any atom is -0.281 e. The average Bonchev–Trinajstić information content (AvgIpc) is 3.51. The number of amides is 1. The summed E-state index contributed by atoms with van der Waals surface area (Å²) in [7, 11) is -3.99. The van der Waals surface area contributed by atoms with Crippen LogP contribution in [0.1, 0.15) is 29.7 Å². The van der Waals surface area contributed by atoms with Crippen LogP contribution in [0.5, 0.6) is 0 Å². The van der Waals surface area contributed by atoms with Crippen molar-refractivity contribution >= 4 is 42.6 Å². The second-order valence-corrected chi connectivity index (χ2v) is 11.8. The normalized spacial score (nSPS) is 16.5. The fourth-order valence-electron chi connectivity index (χ4n) is 4.56. The molecule has 0 spiro atoms. The number of pyridine rings is 1. The van der Waals surface area contributed by atoms with Crippen LogP contribution in [-0.2, 0) is 21.4 Å². The molecule has 1 amide bonds. The molecule has 0 bridgehead atoms. The number of hydrogen-bond acceptors (Lipinski definition) is 6. The van der Waals surface area contributed by atoms with Crippen LogP contribution in [-0.4, -0.2) is 41.2 Å². The van der Waals surface area contributed by atoms with Crippen molar-refractivity contribution in [1.29, 1.82) is 0 Å². The van der Waals surface area contributed by atoms with E-state index in [1.54, 1.807) is 17.2 Å². The van der Waals surface area contributed by atoms with Crippen molar-refractivity contribution in [2.45, 2.75) is 44.2 Å². The van der Waals surface area contributed by atoms with E-state index in [1.807, 2.05) is 38.1 Å². The van der Waals surface area contributed by atoms with Gasteiger partial charge in [0.15, 0.2) is 5.13 Å². The molecule has 1 unspecified atom stereocenters. The van der Waals surface area contributed by atoms with E-state index in [0.717, 1.165) is 33.5 Å². The highest BCUT2D eigenvalue weighted by atomic mass is 32.2. The molecule has 0 aliphatic carbocycles. The third-order valence-corrected chi connectivity index (χ3v) is 9.22. The zero-order valence-corrected chi connectivity index (χ0v) is 21.5. The number of aromatic nitrogens is 2. The third-order valence-electron chi connectivity index (χ3n) is 6.27. The van der Waals surface area contributed by atoms with Crippen molar-refractivity contribution in [3.05, 3.63) is 83.4 Å². The van der Waals surface area contributed by atoms with Crippen LogP contribution in [0.15, 0.2) is 65.7 Å². The molecule has 3 heterocycles. The zero-order chi connectivity index (χ0) is 25.4. The lowest BCUT2D eigenvalue weighted by atomic mass is 10.1. The maximum atomic E-state index is 14.0. The van der Waals surface area contributed by atoms with E-state index >= 15 is 0 Å². The number of carbonyl (C=O) groups excluding carboxylic acids is 1. The molecule has 7 nitrogen and oxygen atoms in total. The van der Waals surface area contributed by atoms with Crippen LogP contribution >= 0.6 is 11.3 Å². The first-order valence-corrected chi connectivity index (χ1v) is 13.9. The fourth-order valence-corrected chi connectivity index (χ4v) is 7.36. The number of thiazole rings is 1. The van der Waals surface area contributed by atoms with Gasteiger partial charge in [-0.2, -0.15) is 4.31 Å². The van der Waals surface area contributed by atoms with Gasteiger partial charge >= 0.3 is 0 Å². The molecule has 0 saturated carbocycles. The van der Waals surface area contributed by atoms with Gasteiger partial charge in [0.1, 0.15) is 11.9 Å². The van der Waals surface area contributed by atoms with Gasteiger partial charge in [-0.25, -0.2) is 17.8 Å². The smallest absolute Gasteiger partial charge is 0.247 e. The summed E-state index contributed by atoms with van der Waals surface area (Å²) in [6.07, 6.45) is 2.60. The number of aryl methyl sites for hydroxylation is 2. The number of carbonyl (C=O) groups is 1. The molecule has 36 heavy (non-hydrogen) atoms. The number of rotatable bonds is 6. The third kappa shape index (κ3) is 4.63. The second-order valence-electron chi connectivity index (χ2n) is 8.90. The molecule has 2 aromatic carbocycles. The molecule has 1 saturated heterocycles. The number of halogens is 1. The summed E-state index contributed by atoms with van der Waals surface area (Å²) in [6.45, 7) is 4.38. The van der Waals surface area contributed by atoms with Gasteiger partial charge in [0.2, 0.25) is 15.9 Å². The van der Waals surface area contributed by atoms with E-state index < -0.39 is 21.9 Å². The Balaban J connectivity index is 1.54. The first-order chi connectivity index (χ1) is 17.2. The molecule has 1 aliphatic rings. The summed E-state index contributed by atoms with van der Waals surface area (Å²) in [6, 6.07) is 13.3. The van der Waals surface area contributed by atoms with Crippen LogP contribution in [0.4, 0.5) is 9.52 Å². The topological polar surface area (TPSA) is 83.5 Å². The number of sulfonamides is 1. The van der Waals surface area contributed by atoms with E-state index in [-0.39, 0.29) is 23.9 Å². The van der Waals surface area contributed by atoms with E-state index in [4.69, 9.17) is 4.98 Å². The van der Waals surface area contributed by atoms with Crippen LogP contribution in [0.2, 0.25) is 0 Å². The van der Waals surface area contributed by atoms with Crippen molar-refractivity contribution in [2.75, 3.05) is 11.4 Å². The maximum Gasteiger partial charge on any atom is 0.247 e. The predicted molar refractivity (Wildman–Crippen MR) is 138 cm³/mol. The summed E-state index contributed by atoms with van der Waals surface area (Å²) < 4.78 is 42.4. The molecule has 1 fully saturated rings. The van der Waals surface area contributed by atoms with Crippen LogP contribution in [0.25, 0.3) is 10.2 Å². The fraction of sp³-hybridized carbons (Fsp3) is 0.269. The molecular weight excluding hydrogens is 499 g/mol. The van der Waals surface area contributed by atoms with E-state index in [2.05, 4.69) is 4.98 Å². The van der Waals surface area contributed by atoms with Crippen molar-refractivity contribution in [3.8, 4) is 0 Å². The molecule has 186 valence electrons. The Morgan fingerprint density at radius 3 is 2.67 bits per heavy atom. The summed E-state index contributed by atoms with van der Waals surface area (Å²) in [5.41, 5.74) is 3.61. The number of nitrogens with zero attached hydrogens (tertiary/aromatic N) is 4. The number of fused-ring (bicyclic) bond motifs is 1. The second kappa shape index (κ2) is 9.68. The van der Waals surface area contributed by atoms with Crippen molar-refractivity contribution in [3.63, 3.8) is 0 Å². The first-order valence-electron chi connectivity index (χ1n) is 11.6. The lowest BCUT2D eigenvalue weighted by Crippen LogP contribution is -2.47. The summed E-state index contributed by atoms with van der Waals surface area (Å²) >= 11 is 1.40. The standard InChI is InChI=1S/C26H25FN4O3S2/c1-17-14-18(2)24-23(15-17)35-26(29-24)30(16-20-6-3-4-12-28-20)25(32)22-7-5-13-31(22)36(33,34)21-10-8-19(27)9-11-21/h3-4,6,8-12,14-15,22H,5,7,13,16H2,1-2H3. The van der Waals surface area contributed by atoms with Gasteiger partial charge in [-0.15, -0.1) is 0 Å². The molecule has 1 atom stereocenters. The molecule has 1 aliphatic heterocycles. The van der Waals surface area contributed by atoms with Gasteiger partial charge in [-0.1, -0.05) is 23.5 Å². The molecule has 0 radical (unpaired) electrons. The molecule has 5 rings (SSSR count). The highest BCUT2D eigenvalue weighted by Crippen LogP contribution is 2.35. The Hall–Kier alpha value is -3.21. The lowest BCUT2D eigenvalue weighted by Gasteiger charge is -2.28. The predicted octanol–water partition coefficient (Wildman–Crippen LogP) is 4.83. The first kappa shape index (κ1) is 24.5. The SMILES string of the molecule is Cc1cc(C)c2nc(N(Cc3ccccn3)C(=O)C3CCCN3S(=O)(=O)c3ccc(F)cc3)sc2c1.